The Morgan fingerprint density at radius 1 is 1.18 bits per heavy atom. The summed E-state index contributed by atoms with van der Waals surface area (Å²) in [5.41, 5.74) is 0.303. The van der Waals surface area contributed by atoms with Gasteiger partial charge in [-0.25, -0.2) is 0 Å². The fourth-order valence-corrected chi connectivity index (χ4v) is 2.80. The van der Waals surface area contributed by atoms with E-state index in [0.29, 0.717) is 17.7 Å². The zero-order valence-corrected chi connectivity index (χ0v) is 11.8. The van der Waals surface area contributed by atoms with Crippen LogP contribution < -0.4 is 5.32 Å². The first-order valence-corrected chi connectivity index (χ1v) is 7.08. The molecular formula is C14H28N2O. The van der Waals surface area contributed by atoms with Gasteiger partial charge in [0.15, 0.2) is 0 Å². The highest BCUT2D eigenvalue weighted by Gasteiger charge is 2.36. The second-order valence-corrected chi connectivity index (χ2v) is 6.63. The predicted octanol–water partition coefficient (Wildman–Crippen LogP) is 1.87. The average molecular weight is 240 g/mol. The first kappa shape index (κ1) is 13.3. The first-order chi connectivity index (χ1) is 7.97. The van der Waals surface area contributed by atoms with Crippen LogP contribution in [0.1, 0.15) is 40.5 Å². The minimum Gasteiger partial charge on any atom is -0.372 e. The minimum absolute atomic E-state index is 0.303. The molecule has 0 radical (unpaired) electrons. The molecule has 2 fully saturated rings. The van der Waals surface area contributed by atoms with Gasteiger partial charge in [0.25, 0.3) is 0 Å². The average Bonchev–Trinajstić information content (AvgIpc) is 2.22. The van der Waals surface area contributed by atoms with Crippen LogP contribution in [0.15, 0.2) is 0 Å². The van der Waals surface area contributed by atoms with E-state index >= 15 is 0 Å². The van der Waals surface area contributed by atoms with Crippen LogP contribution in [0.2, 0.25) is 0 Å². The molecule has 2 saturated heterocycles. The van der Waals surface area contributed by atoms with Gasteiger partial charge in [-0.2, -0.15) is 0 Å². The van der Waals surface area contributed by atoms with Crippen molar-refractivity contribution in [3.8, 4) is 0 Å². The van der Waals surface area contributed by atoms with Gasteiger partial charge in [-0.05, 0) is 59.5 Å². The van der Waals surface area contributed by atoms with Gasteiger partial charge >= 0.3 is 0 Å². The van der Waals surface area contributed by atoms with Crippen molar-refractivity contribution in [3.05, 3.63) is 0 Å². The molecule has 0 saturated carbocycles. The molecule has 0 aliphatic carbocycles. The van der Waals surface area contributed by atoms with E-state index in [1.54, 1.807) is 0 Å². The lowest BCUT2D eigenvalue weighted by molar-refractivity contribution is -0.128. The Labute approximate surface area is 106 Å². The molecule has 1 N–H and O–H groups in total. The van der Waals surface area contributed by atoms with Crippen molar-refractivity contribution in [2.24, 2.45) is 5.92 Å². The van der Waals surface area contributed by atoms with Crippen LogP contribution in [0.3, 0.4) is 0 Å². The first-order valence-electron chi connectivity index (χ1n) is 7.08. The lowest BCUT2D eigenvalue weighted by Gasteiger charge is -2.48. The van der Waals surface area contributed by atoms with Crippen LogP contribution in [-0.2, 0) is 4.74 Å². The van der Waals surface area contributed by atoms with Gasteiger partial charge in [0, 0.05) is 18.6 Å². The van der Waals surface area contributed by atoms with Crippen molar-refractivity contribution in [2.45, 2.75) is 58.3 Å². The minimum atomic E-state index is 0.303. The van der Waals surface area contributed by atoms with Gasteiger partial charge in [0.1, 0.15) is 0 Å². The summed E-state index contributed by atoms with van der Waals surface area (Å²) in [7, 11) is 0. The van der Waals surface area contributed by atoms with E-state index in [-0.39, 0.29) is 0 Å². The molecule has 3 nitrogen and oxygen atoms in total. The second-order valence-electron chi connectivity index (χ2n) is 6.63. The van der Waals surface area contributed by atoms with Crippen molar-refractivity contribution in [2.75, 3.05) is 26.2 Å². The van der Waals surface area contributed by atoms with Crippen LogP contribution in [0.5, 0.6) is 0 Å². The maximum atomic E-state index is 6.18. The SMILES string of the molecule is CC(OC1CN(C(C)(C)C)C1)C1CCNCC1. The lowest BCUT2D eigenvalue weighted by Crippen LogP contribution is -2.60. The molecule has 0 spiro atoms. The van der Waals surface area contributed by atoms with Gasteiger partial charge in [-0.1, -0.05) is 0 Å². The molecule has 3 heteroatoms. The lowest BCUT2D eigenvalue weighted by atomic mass is 9.92. The highest BCUT2D eigenvalue weighted by molar-refractivity contribution is 4.90. The maximum absolute atomic E-state index is 6.18. The largest absolute Gasteiger partial charge is 0.372 e. The molecule has 0 aromatic heterocycles. The monoisotopic (exact) mass is 240 g/mol. The Hall–Kier alpha value is -0.120. The normalized spacial score (nSPS) is 26.8. The van der Waals surface area contributed by atoms with Crippen LogP contribution in [0.4, 0.5) is 0 Å². The molecule has 0 amide bonds. The van der Waals surface area contributed by atoms with E-state index in [1.165, 1.54) is 12.8 Å². The van der Waals surface area contributed by atoms with Crippen molar-refractivity contribution in [1.29, 1.82) is 0 Å². The molecule has 2 rings (SSSR count). The Kier molecular flexibility index (Phi) is 4.11. The summed E-state index contributed by atoms with van der Waals surface area (Å²) in [4.78, 5) is 2.49. The van der Waals surface area contributed by atoms with Crippen LogP contribution >= 0.6 is 0 Å². The van der Waals surface area contributed by atoms with E-state index in [2.05, 4.69) is 37.9 Å². The standard InChI is InChI=1S/C14H28N2O/c1-11(12-5-7-15-8-6-12)17-13-9-16(10-13)14(2,3)4/h11-13,15H,5-10H2,1-4H3. The Bertz CT molecular complexity index is 237. The topological polar surface area (TPSA) is 24.5 Å². The number of nitrogens with zero attached hydrogens (tertiary/aromatic N) is 1. The molecule has 1 atom stereocenters. The van der Waals surface area contributed by atoms with Gasteiger partial charge in [0.05, 0.1) is 12.2 Å². The maximum Gasteiger partial charge on any atom is 0.0832 e. The van der Waals surface area contributed by atoms with Crippen molar-refractivity contribution in [1.82, 2.24) is 10.2 Å². The summed E-state index contributed by atoms with van der Waals surface area (Å²) in [6, 6.07) is 0. The van der Waals surface area contributed by atoms with E-state index < -0.39 is 0 Å². The molecule has 0 aromatic rings. The Morgan fingerprint density at radius 3 is 2.29 bits per heavy atom. The number of ether oxygens (including phenoxy) is 1. The van der Waals surface area contributed by atoms with E-state index in [0.717, 1.165) is 32.1 Å². The van der Waals surface area contributed by atoms with Gasteiger partial charge in [-0.3, -0.25) is 4.90 Å². The molecule has 2 aliphatic rings. The number of rotatable bonds is 3. The molecular weight excluding hydrogens is 212 g/mol. The summed E-state index contributed by atoms with van der Waals surface area (Å²) in [5.74, 6) is 0.764. The number of hydrogen-bond donors (Lipinski definition) is 1. The van der Waals surface area contributed by atoms with Crippen LogP contribution in [-0.4, -0.2) is 48.8 Å². The third kappa shape index (κ3) is 3.43. The molecule has 100 valence electrons. The second kappa shape index (κ2) is 5.25. The van der Waals surface area contributed by atoms with Crippen molar-refractivity contribution in [3.63, 3.8) is 0 Å². The number of nitrogens with one attached hydrogen (secondary N) is 1. The molecule has 0 bridgehead atoms. The number of piperidine rings is 1. The number of likely N-dealkylation sites (tertiary alicyclic amines) is 1. The summed E-state index contributed by atoms with van der Waals surface area (Å²) < 4.78 is 6.18. The Morgan fingerprint density at radius 2 is 1.76 bits per heavy atom. The van der Waals surface area contributed by atoms with E-state index in [4.69, 9.17) is 4.74 Å². The fourth-order valence-electron chi connectivity index (χ4n) is 2.80. The fraction of sp³-hybridized carbons (Fsp3) is 1.00. The van der Waals surface area contributed by atoms with Gasteiger partial charge in [0.2, 0.25) is 0 Å². The van der Waals surface area contributed by atoms with E-state index in [9.17, 15) is 0 Å². The summed E-state index contributed by atoms with van der Waals surface area (Å²) >= 11 is 0. The summed E-state index contributed by atoms with van der Waals surface area (Å²) in [5, 5.41) is 3.41. The van der Waals surface area contributed by atoms with Crippen LogP contribution in [0, 0.1) is 5.92 Å². The third-order valence-electron chi connectivity index (χ3n) is 4.25. The highest BCUT2D eigenvalue weighted by Crippen LogP contribution is 2.26. The van der Waals surface area contributed by atoms with Gasteiger partial charge in [-0.15, -0.1) is 0 Å². The zero-order valence-electron chi connectivity index (χ0n) is 11.8. The van der Waals surface area contributed by atoms with Crippen LogP contribution in [0.25, 0.3) is 0 Å². The summed E-state index contributed by atoms with van der Waals surface area (Å²) in [6.45, 7) is 13.6. The quantitative estimate of drug-likeness (QED) is 0.815. The van der Waals surface area contributed by atoms with Crippen molar-refractivity contribution >= 4 is 0 Å². The number of hydrogen-bond acceptors (Lipinski definition) is 3. The zero-order chi connectivity index (χ0) is 12.5. The smallest absolute Gasteiger partial charge is 0.0832 e. The molecule has 17 heavy (non-hydrogen) atoms. The molecule has 1 unspecified atom stereocenters. The molecule has 0 aromatic carbocycles. The predicted molar refractivity (Wildman–Crippen MR) is 71.3 cm³/mol. The third-order valence-corrected chi connectivity index (χ3v) is 4.25. The molecule has 2 heterocycles. The molecule has 2 aliphatic heterocycles. The van der Waals surface area contributed by atoms with Crippen molar-refractivity contribution < 1.29 is 4.74 Å². The summed E-state index contributed by atoms with van der Waals surface area (Å²) in [6.07, 6.45) is 3.46. The Balaban J connectivity index is 1.69. The van der Waals surface area contributed by atoms with Gasteiger partial charge < -0.3 is 10.1 Å². The van der Waals surface area contributed by atoms with E-state index in [1.807, 2.05) is 0 Å². The highest BCUT2D eigenvalue weighted by atomic mass is 16.5.